The number of nitrogens with one attached hydrogen (secondary N) is 1. The van der Waals surface area contributed by atoms with Crippen molar-refractivity contribution >= 4 is 33.4 Å². The third-order valence-corrected chi connectivity index (χ3v) is 5.10. The van der Waals surface area contributed by atoms with Crippen molar-refractivity contribution in [1.29, 1.82) is 0 Å². The van der Waals surface area contributed by atoms with Gasteiger partial charge in [-0.1, -0.05) is 28.1 Å². The molecule has 28 heavy (non-hydrogen) atoms. The van der Waals surface area contributed by atoms with Crippen molar-refractivity contribution in [3.8, 4) is 5.69 Å². The van der Waals surface area contributed by atoms with Crippen LogP contribution in [0.1, 0.15) is 28.8 Å². The molecule has 1 aromatic heterocycles. The number of rotatable bonds is 5. The van der Waals surface area contributed by atoms with Crippen molar-refractivity contribution in [2.75, 3.05) is 11.9 Å². The van der Waals surface area contributed by atoms with E-state index in [0.717, 1.165) is 23.0 Å². The van der Waals surface area contributed by atoms with E-state index >= 15 is 0 Å². The fourth-order valence-corrected chi connectivity index (χ4v) is 3.60. The Kier molecular flexibility index (Phi) is 5.21. The highest BCUT2D eigenvalue weighted by atomic mass is 79.9. The Morgan fingerprint density at radius 2 is 2.11 bits per heavy atom. The Morgan fingerprint density at radius 3 is 2.86 bits per heavy atom. The molecule has 0 bridgehead atoms. The summed E-state index contributed by atoms with van der Waals surface area (Å²) in [4.78, 5) is 30.5. The number of hydrogen-bond acceptors (Lipinski definition) is 4. The van der Waals surface area contributed by atoms with Crippen molar-refractivity contribution in [2.24, 2.45) is 0 Å². The Bertz CT molecular complexity index is 1020. The summed E-state index contributed by atoms with van der Waals surface area (Å²) in [5.41, 5.74) is 2.81. The molecule has 1 fully saturated rings. The number of aromatic nitrogens is 3. The lowest BCUT2D eigenvalue weighted by molar-refractivity contribution is -0.128. The van der Waals surface area contributed by atoms with E-state index in [4.69, 9.17) is 0 Å². The number of halogens is 1. The average molecular weight is 440 g/mol. The molecule has 2 heterocycles. The molecule has 0 atom stereocenters. The number of hydrogen-bond donors (Lipinski definition) is 1. The lowest BCUT2D eigenvalue weighted by Gasteiger charge is -2.16. The van der Waals surface area contributed by atoms with Gasteiger partial charge in [0.05, 0.1) is 11.4 Å². The number of nitrogens with zero attached hydrogens (tertiary/aromatic N) is 4. The lowest BCUT2D eigenvalue weighted by Crippen LogP contribution is -2.24. The Hall–Kier alpha value is -3.00. The van der Waals surface area contributed by atoms with Crippen molar-refractivity contribution in [2.45, 2.75) is 19.4 Å². The van der Waals surface area contributed by atoms with Crippen LogP contribution in [0, 0.1) is 0 Å². The SMILES string of the molecule is O=C(Nc1cc(Br)ccc1-n1cncn1)c1cccc(CN2CCCC2=O)c1. The van der Waals surface area contributed by atoms with E-state index in [-0.39, 0.29) is 11.8 Å². The zero-order chi connectivity index (χ0) is 19.5. The van der Waals surface area contributed by atoms with Crippen LogP contribution in [0.5, 0.6) is 0 Å². The summed E-state index contributed by atoms with van der Waals surface area (Å²) < 4.78 is 2.44. The van der Waals surface area contributed by atoms with E-state index in [0.29, 0.717) is 29.9 Å². The Balaban J connectivity index is 1.55. The van der Waals surface area contributed by atoms with Gasteiger partial charge >= 0.3 is 0 Å². The fraction of sp³-hybridized carbons (Fsp3) is 0.200. The maximum absolute atomic E-state index is 12.8. The molecular weight excluding hydrogens is 422 g/mol. The molecule has 7 nitrogen and oxygen atoms in total. The Morgan fingerprint density at radius 1 is 1.21 bits per heavy atom. The number of carbonyl (C=O) groups is 2. The molecule has 142 valence electrons. The van der Waals surface area contributed by atoms with E-state index < -0.39 is 0 Å². The molecule has 0 aliphatic carbocycles. The number of likely N-dealkylation sites (tertiary alicyclic amines) is 1. The van der Waals surface area contributed by atoms with E-state index in [1.54, 1.807) is 17.1 Å². The molecule has 0 unspecified atom stereocenters. The van der Waals surface area contributed by atoms with Crippen LogP contribution in [0.3, 0.4) is 0 Å². The van der Waals surface area contributed by atoms with Gasteiger partial charge in [-0.15, -0.1) is 0 Å². The summed E-state index contributed by atoms with van der Waals surface area (Å²) in [6.07, 6.45) is 4.52. The molecule has 2 aromatic carbocycles. The van der Waals surface area contributed by atoms with Crippen LogP contribution in [-0.4, -0.2) is 38.0 Å². The first kappa shape index (κ1) is 18.4. The summed E-state index contributed by atoms with van der Waals surface area (Å²) in [6, 6.07) is 12.9. The number of carbonyl (C=O) groups excluding carboxylic acids is 2. The molecular formula is C20H18BrN5O2. The summed E-state index contributed by atoms with van der Waals surface area (Å²) in [5.74, 6) is -0.0597. The highest BCUT2D eigenvalue weighted by molar-refractivity contribution is 9.10. The van der Waals surface area contributed by atoms with E-state index in [1.165, 1.54) is 6.33 Å². The van der Waals surface area contributed by atoms with Gasteiger partial charge in [-0.25, -0.2) is 9.67 Å². The van der Waals surface area contributed by atoms with Crippen LogP contribution in [-0.2, 0) is 11.3 Å². The number of amides is 2. The molecule has 2 amide bonds. The van der Waals surface area contributed by atoms with Crippen LogP contribution >= 0.6 is 15.9 Å². The molecule has 1 saturated heterocycles. The van der Waals surface area contributed by atoms with Gasteiger partial charge in [0.15, 0.2) is 0 Å². The van der Waals surface area contributed by atoms with E-state index in [2.05, 4.69) is 31.3 Å². The van der Waals surface area contributed by atoms with Crippen molar-refractivity contribution in [1.82, 2.24) is 19.7 Å². The van der Waals surface area contributed by atoms with Gasteiger partial charge < -0.3 is 10.2 Å². The molecule has 1 aliphatic heterocycles. The molecule has 0 spiro atoms. The van der Waals surface area contributed by atoms with Gasteiger partial charge in [0.2, 0.25) is 5.91 Å². The van der Waals surface area contributed by atoms with Crippen LogP contribution in [0.25, 0.3) is 5.69 Å². The molecule has 8 heteroatoms. The number of anilines is 1. The zero-order valence-electron chi connectivity index (χ0n) is 15.0. The monoisotopic (exact) mass is 439 g/mol. The predicted molar refractivity (Wildman–Crippen MR) is 108 cm³/mol. The quantitative estimate of drug-likeness (QED) is 0.660. The first-order valence-corrected chi connectivity index (χ1v) is 9.72. The van der Waals surface area contributed by atoms with Gasteiger partial charge in [0, 0.05) is 29.5 Å². The second-order valence-corrected chi connectivity index (χ2v) is 7.49. The molecule has 0 radical (unpaired) electrons. The minimum absolute atomic E-state index is 0.168. The molecule has 1 aliphatic rings. The summed E-state index contributed by atoms with van der Waals surface area (Å²) >= 11 is 3.44. The number of benzene rings is 2. The van der Waals surface area contributed by atoms with Crippen molar-refractivity contribution < 1.29 is 9.59 Å². The summed E-state index contributed by atoms with van der Waals surface area (Å²) in [6.45, 7) is 1.30. The fourth-order valence-electron chi connectivity index (χ4n) is 3.24. The highest BCUT2D eigenvalue weighted by Gasteiger charge is 2.20. The topological polar surface area (TPSA) is 80.1 Å². The second kappa shape index (κ2) is 7.93. The van der Waals surface area contributed by atoms with Crippen LogP contribution in [0.15, 0.2) is 59.6 Å². The maximum atomic E-state index is 12.8. The lowest BCUT2D eigenvalue weighted by atomic mass is 10.1. The summed E-state index contributed by atoms with van der Waals surface area (Å²) in [7, 11) is 0. The largest absolute Gasteiger partial charge is 0.338 e. The van der Waals surface area contributed by atoms with E-state index in [9.17, 15) is 9.59 Å². The minimum Gasteiger partial charge on any atom is -0.338 e. The minimum atomic E-state index is -0.228. The average Bonchev–Trinajstić information content (AvgIpc) is 3.35. The van der Waals surface area contributed by atoms with Gasteiger partial charge in [-0.3, -0.25) is 9.59 Å². The van der Waals surface area contributed by atoms with Gasteiger partial charge in [-0.05, 0) is 42.3 Å². The zero-order valence-corrected chi connectivity index (χ0v) is 16.6. The smallest absolute Gasteiger partial charge is 0.255 e. The molecule has 0 saturated carbocycles. The molecule has 4 rings (SSSR count). The van der Waals surface area contributed by atoms with Crippen molar-refractivity contribution in [3.05, 3.63) is 70.7 Å². The third kappa shape index (κ3) is 3.96. The van der Waals surface area contributed by atoms with Crippen LogP contribution < -0.4 is 5.32 Å². The summed E-state index contributed by atoms with van der Waals surface area (Å²) in [5, 5.41) is 7.08. The normalized spacial score (nSPS) is 13.8. The van der Waals surface area contributed by atoms with E-state index in [1.807, 2.05) is 41.3 Å². The van der Waals surface area contributed by atoms with Crippen LogP contribution in [0.2, 0.25) is 0 Å². The predicted octanol–water partition coefficient (Wildman–Crippen LogP) is 3.40. The first-order chi connectivity index (χ1) is 13.6. The maximum Gasteiger partial charge on any atom is 0.255 e. The third-order valence-electron chi connectivity index (χ3n) is 4.61. The second-order valence-electron chi connectivity index (χ2n) is 6.57. The molecule has 3 aromatic rings. The first-order valence-electron chi connectivity index (χ1n) is 8.93. The van der Waals surface area contributed by atoms with Gasteiger partial charge in [0.25, 0.3) is 5.91 Å². The van der Waals surface area contributed by atoms with Gasteiger partial charge in [0.1, 0.15) is 12.7 Å². The standard InChI is InChI=1S/C20H18BrN5O2/c21-16-6-7-18(26-13-22-12-23-26)17(10-16)24-20(28)15-4-1-3-14(9-15)11-25-8-2-5-19(25)27/h1,3-4,6-7,9-10,12-13H,2,5,8,11H2,(H,24,28). The van der Waals surface area contributed by atoms with Crippen LogP contribution in [0.4, 0.5) is 5.69 Å². The Labute approximate surface area is 170 Å². The molecule has 1 N–H and O–H groups in total. The van der Waals surface area contributed by atoms with Crippen molar-refractivity contribution in [3.63, 3.8) is 0 Å². The highest BCUT2D eigenvalue weighted by Crippen LogP contribution is 2.25. The van der Waals surface area contributed by atoms with Gasteiger partial charge in [-0.2, -0.15) is 5.10 Å².